The first-order chi connectivity index (χ1) is 20.0. The van der Waals surface area contributed by atoms with Crippen LogP contribution < -0.4 is 18.9 Å². The van der Waals surface area contributed by atoms with Crippen LogP contribution in [0.1, 0.15) is 29.2 Å². The first kappa shape index (κ1) is 29.0. The number of ether oxygens (including phenoxy) is 4. The number of methoxy groups -OCH3 is 2. The second-order valence-electron chi connectivity index (χ2n) is 9.33. The summed E-state index contributed by atoms with van der Waals surface area (Å²) in [4.78, 5) is 12.6. The average Bonchev–Trinajstić information content (AvgIpc) is 3.01. The van der Waals surface area contributed by atoms with Gasteiger partial charge in [0.1, 0.15) is 13.2 Å². The highest BCUT2D eigenvalue weighted by Crippen LogP contribution is 2.30. The van der Waals surface area contributed by atoms with Crippen LogP contribution in [0, 0.1) is 0 Å². The highest BCUT2D eigenvalue weighted by atomic mass is 16.5. The number of rotatable bonds is 13. The van der Waals surface area contributed by atoms with E-state index in [0.29, 0.717) is 36.2 Å². The molecule has 0 spiro atoms. The molecule has 0 heterocycles. The fraction of sp³-hybridized carbons (Fsp3) is 0.139. The van der Waals surface area contributed by atoms with Crippen molar-refractivity contribution in [2.45, 2.75) is 20.1 Å². The third-order valence-corrected chi connectivity index (χ3v) is 6.20. The molecule has 4 aromatic rings. The van der Waals surface area contributed by atoms with E-state index < -0.39 is 0 Å². The van der Waals surface area contributed by atoms with Crippen LogP contribution in [-0.2, 0) is 18.0 Å². The largest absolute Gasteiger partial charge is 0.493 e. The summed E-state index contributed by atoms with van der Waals surface area (Å²) in [5, 5.41) is 0. The lowest BCUT2D eigenvalue weighted by Gasteiger charge is -2.11. The van der Waals surface area contributed by atoms with E-state index >= 15 is 0 Å². The minimum atomic E-state index is -0.115. The van der Waals surface area contributed by atoms with Crippen LogP contribution in [0.4, 0.5) is 0 Å². The van der Waals surface area contributed by atoms with Crippen molar-refractivity contribution in [1.29, 1.82) is 0 Å². The van der Waals surface area contributed by atoms with Crippen molar-refractivity contribution in [2.24, 2.45) is 0 Å². The second-order valence-corrected chi connectivity index (χ2v) is 9.33. The van der Waals surface area contributed by atoms with Crippen molar-refractivity contribution in [3.63, 3.8) is 0 Å². The molecule has 0 bridgehead atoms. The summed E-state index contributed by atoms with van der Waals surface area (Å²) < 4.78 is 22.9. The molecular weight excluding hydrogens is 512 g/mol. The Morgan fingerprint density at radius 1 is 0.610 bits per heavy atom. The van der Waals surface area contributed by atoms with Gasteiger partial charge in [-0.05, 0) is 71.2 Å². The fourth-order valence-corrected chi connectivity index (χ4v) is 4.02. The molecular formula is C36H34O5. The first-order valence-electron chi connectivity index (χ1n) is 13.3. The molecule has 0 saturated heterocycles. The molecule has 4 rings (SSSR count). The van der Waals surface area contributed by atoms with Gasteiger partial charge in [0.15, 0.2) is 28.8 Å². The van der Waals surface area contributed by atoms with Gasteiger partial charge in [0, 0.05) is 0 Å². The molecule has 0 radical (unpaired) electrons. The molecule has 0 fully saturated rings. The third kappa shape index (κ3) is 9.01. The number of ketones is 1. The van der Waals surface area contributed by atoms with Crippen LogP contribution in [0.15, 0.2) is 121 Å². The van der Waals surface area contributed by atoms with E-state index in [9.17, 15) is 4.79 Å². The van der Waals surface area contributed by atoms with E-state index in [4.69, 9.17) is 18.9 Å². The van der Waals surface area contributed by atoms with Gasteiger partial charge in [-0.25, -0.2) is 0 Å². The summed E-state index contributed by atoms with van der Waals surface area (Å²) in [7, 11) is 3.23. The standard InChI is InChI=1S/C36H34O5/c1-27(14-15-28-17-20-33(38-2)35(23-28)40-25-30-10-6-4-7-11-30)22-32(37)19-16-29-18-21-34(39-3)36(24-29)41-26-31-12-8-5-9-13-31/h4-24H,25-26H2,1-3H3/b15-14+,19-16+,27-22+. The smallest absolute Gasteiger partial charge is 0.178 e. The highest BCUT2D eigenvalue weighted by Gasteiger charge is 2.07. The molecule has 5 heteroatoms. The Morgan fingerprint density at radius 2 is 1.07 bits per heavy atom. The summed E-state index contributed by atoms with van der Waals surface area (Å²) in [5.41, 5.74) is 4.73. The van der Waals surface area contributed by atoms with Gasteiger partial charge < -0.3 is 18.9 Å². The third-order valence-electron chi connectivity index (χ3n) is 6.20. The number of carbonyl (C=O) groups excluding carboxylic acids is 1. The maximum atomic E-state index is 12.6. The molecule has 0 aliphatic carbocycles. The minimum Gasteiger partial charge on any atom is -0.493 e. The van der Waals surface area contributed by atoms with Crippen LogP contribution >= 0.6 is 0 Å². The predicted octanol–water partition coefficient (Wildman–Crippen LogP) is 8.10. The van der Waals surface area contributed by atoms with Gasteiger partial charge in [-0.1, -0.05) is 91.0 Å². The molecule has 0 amide bonds. The Morgan fingerprint density at radius 3 is 1.54 bits per heavy atom. The van der Waals surface area contributed by atoms with Crippen LogP contribution in [0.25, 0.3) is 12.2 Å². The summed E-state index contributed by atoms with van der Waals surface area (Å²) in [6.07, 6.45) is 8.75. The summed E-state index contributed by atoms with van der Waals surface area (Å²) >= 11 is 0. The van der Waals surface area contributed by atoms with Gasteiger partial charge >= 0.3 is 0 Å². The molecule has 0 aliphatic rings. The number of hydrogen-bond donors (Lipinski definition) is 0. The zero-order chi connectivity index (χ0) is 28.9. The molecule has 41 heavy (non-hydrogen) atoms. The Balaban J connectivity index is 1.38. The molecule has 4 aromatic carbocycles. The average molecular weight is 547 g/mol. The topological polar surface area (TPSA) is 54.0 Å². The van der Waals surface area contributed by atoms with Gasteiger partial charge in [0.25, 0.3) is 0 Å². The Hall–Kier alpha value is -5.03. The lowest BCUT2D eigenvalue weighted by atomic mass is 10.1. The molecule has 208 valence electrons. The summed E-state index contributed by atoms with van der Waals surface area (Å²) in [6.45, 7) is 2.76. The van der Waals surface area contributed by atoms with Gasteiger partial charge in [0.2, 0.25) is 0 Å². The lowest BCUT2D eigenvalue weighted by molar-refractivity contribution is -0.110. The fourth-order valence-electron chi connectivity index (χ4n) is 4.02. The van der Waals surface area contributed by atoms with E-state index in [1.165, 1.54) is 0 Å². The first-order valence-corrected chi connectivity index (χ1v) is 13.3. The predicted molar refractivity (Wildman–Crippen MR) is 164 cm³/mol. The molecule has 0 aliphatic heterocycles. The van der Waals surface area contributed by atoms with E-state index in [2.05, 4.69) is 0 Å². The second kappa shape index (κ2) is 14.9. The Kier molecular flexibility index (Phi) is 10.6. The quantitative estimate of drug-likeness (QED) is 0.125. The Labute approximate surface area is 242 Å². The maximum absolute atomic E-state index is 12.6. The van der Waals surface area contributed by atoms with Crippen molar-refractivity contribution in [3.05, 3.63) is 143 Å². The van der Waals surface area contributed by atoms with Gasteiger partial charge in [-0.3, -0.25) is 4.79 Å². The van der Waals surface area contributed by atoms with Crippen LogP contribution in [0.3, 0.4) is 0 Å². The van der Waals surface area contributed by atoms with E-state index in [1.54, 1.807) is 32.4 Å². The molecule has 0 unspecified atom stereocenters. The normalized spacial score (nSPS) is 11.5. The van der Waals surface area contributed by atoms with Crippen LogP contribution in [0.5, 0.6) is 23.0 Å². The number of allylic oxidation sites excluding steroid dienone is 4. The summed E-state index contributed by atoms with van der Waals surface area (Å²) in [6, 6.07) is 31.2. The highest BCUT2D eigenvalue weighted by molar-refractivity contribution is 6.02. The van der Waals surface area contributed by atoms with Crippen molar-refractivity contribution >= 4 is 17.9 Å². The molecule has 0 atom stereocenters. The van der Waals surface area contributed by atoms with Crippen LogP contribution in [-0.4, -0.2) is 20.0 Å². The number of benzene rings is 4. The monoisotopic (exact) mass is 546 g/mol. The zero-order valence-electron chi connectivity index (χ0n) is 23.6. The Bertz CT molecular complexity index is 1520. The van der Waals surface area contributed by atoms with Crippen molar-refractivity contribution in [2.75, 3.05) is 14.2 Å². The van der Waals surface area contributed by atoms with Gasteiger partial charge in [-0.15, -0.1) is 0 Å². The zero-order valence-corrected chi connectivity index (χ0v) is 23.6. The van der Waals surface area contributed by atoms with Crippen molar-refractivity contribution in [3.8, 4) is 23.0 Å². The van der Waals surface area contributed by atoms with Gasteiger partial charge in [0.05, 0.1) is 14.2 Å². The number of carbonyl (C=O) groups is 1. The summed E-state index contributed by atoms with van der Waals surface area (Å²) in [5.74, 6) is 2.46. The van der Waals surface area contributed by atoms with E-state index in [1.807, 2.05) is 116 Å². The van der Waals surface area contributed by atoms with E-state index in [0.717, 1.165) is 27.8 Å². The molecule has 5 nitrogen and oxygen atoms in total. The molecule has 0 N–H and O–H groups in total. The molecule has 0 saturated carbocycles. The lowest BCUT2D eigenvalue weighted by Crippen LogP contribution is -1.98. The van der Waals surface area contributed by atoms with E-state index in [-0.39, 0.29) is 5.78 Å². The maximum Gasteiger partial charge on any atom is 0.178 e. The van der Waals surface area contributed by atoms with Crippen molar-refractivity contribution < 1.29 is 23.7 Å². The van der Waals surface area contributed by atoms with Gasteiger partial charge in [-0.2, -0.15) is 0 Å². The number of hydrogen-bond acceptors (Lipinski definition) is 5. The van der Waals surface area contributed by atoms with Crippen molar-refractivity contribution in [1.82, 2.24) is 0 Å². The van der Waals surface area contributed by atoms with Crippen LogP contribution in [0.2, 0.25) is 0 Å². The molecule has 0 aromatic heterocycles. The minimum absolute atomic E-state index is 0.115. The SMILES string of the molecule is COc1ccc(/C=C/C(=O)/C=C(C)/C=C/c2ccc(OC)c(OCc3ccccc3)c2)cc1OCc1ccccc1.